The highest BCUT2D eigenvalue weighted by molar-refractivity contribution is 6.33. The van der Waals surface area contributed by atoms with E-state index in [1.165, 1.54) is 18.3 Å². The molecule has 31 heavy (non-hydrogen) atoms. The van der Waals surface area contributed by atoms with E-state index in [2.05, 4.69) is 15.0 Å². The number of ether oxygens (including phenoxy) is 1. The number of benzene rings is 1. The van der Waals surface area contributed by atoms with Gasteiger partial charge in [-0.3, -0.25) is 14.5 Å². The maximum absolute atomic E-state index is 12.6. The van der Waals surface area contributed by atoms with Crippen LogP contribution < -0.4 is 10.1 Å². The topological polar surface area (TPSA) is 74.8 Å². The Hall–Kier alpha value is -2.85. The van der Waals surface area contributed by atoms with Crippen LogP contribution in [0.15, 0.2) is 42.6 Å². The first-order valence-corrected chi connectivity index (χ1v) is 9.81. The number of amides is 2. The average Bonchev–Trinajstić information content (AvgIpc) is 2.74. The molecule has 0 spiro atoms. The Labute approximate surface area is 181 Å². The average molecular weight is 457 g/mol. The minimum absolute atomic E-state index is 0.167. The molecule has 1 aromatic carbocycles. The van der Waals surface area contributed by atoms with Gasteiger partial charge in [-0.2, -0.15) is 13.2 Å². The van der Waals surface area contributed by atoms with Crippen molar-refractivity contribution in [1.29, 1.82) is 0 Å². The zero-order valence-electron chi connectivity index (χ0n) is 16.4. The predicted molar refractivity (Wildman–Crippen MR) is 108 cm³/mol. The molecule has 0 radical (unpaired) electrons. The smallest absolute Gasteiger partial charge is 0.422 e. The number of para-hydroxylation sites is 1. The molecule has 0 atom stereocenters. The van der Waals surface area contributed by atoms with Crippen LogP contribution in [-0.2, 0) is 4.79 Å². The molecule has 2 heterocycles. The molecule has 3 rings (SSSR count). The molecule has 1 fully saturated rings. The molecule has 1 aromatic heterocycles. The summed E-state index contributed by atoms with van der Waals surface area (Å²) in [5, 5.41) is 3.21. The third-order valence-electron chi connectivity index (χ3n) is 4.54. The molecule has 7 nitrogen and oxygen atoms in total. The number of anilines is 1. The minimum Gasteiger partial charge on any atom is -0.468 e. The van der Waals surface area contributed by atoms with Gasteiger partial charge in [-0.25, -0.2) is 4.98 Å². The molecule has 1 aliphatic heterocycles. The van der Waals surface area contributed by atoms with Gasteiger partial charge in [-0.15, -0.1) is 0 Å². The van der Waals surface area contributed by atoms with Gasteiger partial charge < -0.3 is 15.0 Å². The molecule has 0 unspecified atom stereocenters. The molecule has 11 heteroatoms. The lowest BCUT2D eigenvalue weighted by atomic mass is 10.2. The van der Waals surface area contributed by atoms with E-state index in [1.54, 1.807) is 29.2 Å². The first-order valence-electron chi connectivity index (χ1n) is 9.43. The van der Waals surface area contributed by atoms with E-state index in [4.69, 9.17) is 11.6 Å². The van der Waals surface area contributed by atoms with Crippen molar-refractivity contribution in [2.24, 2.45) is 0 Å². The summed E-state index contributed by atoms with van der Waals surface area (Å²) < 4.78 is 41.1. The van der Waals surface area contributed by atoms with E-state index < -0.39 is 12.8 Å². The number of hydrogen-bond acceptors (Lipinski definition) is 5. The van der Waals surface area contributed by atoms with E-state index in [9.17, 15) is 22.8 Å². The summed E-state index contributed by atoms with van der Waals surface area (Å²) in [5.41, 5.74) is 0.794. The third kappa shape index (κ3) is 6.83. The van der Waals surface area contributed by atoms with Crippen molar-refractivity contribution in [2.75, 3.05) is 44.6 Å². The van der Waals surface area contributed by atoms with Crippen LogP contribution in [0.4, 0.5) is 18.9 Å². The standard InChI is InChI=1S/C20H20ClF3N4O3/c21-15-3-1-2-4-16(15)26-17(29)12-27-7-9-28(10-8-27)19(30)14-5-6-18(25-11-14)31-13-20(22,23)24/h1-6,11H,7-10,12-13H2,(H,26,29). The number of halogens is 4. The first kappa shape index (κ1) is 22.8. The number of carbonyl (C=O) groups excluding carboxylic acids is 2. The summed E-state index contributed by atoms with van der Waals surface area (Å²) in [5.74, 6) is -0.690. The maximum Gasteiger partial charge on any atom is 0.422 e. The van der Waals surface area contributed by atoms with Crippen molar-refractivity contribution in [3.63, 3.8) is 0 Å². The van der Waals surface area contributed by atoms with Gasteiger partial charge in [0.1, 0.15) is 0 Å². The molecule has 0 bridgehead atoms. The molecular formula is C20H20ClF3N4O3. The Balaban J connectivity index is 1.46. The van der Waals surface area contributed by atoms with Gasteiger partial charge in [0.05, 0.1) is 22.8 Å². The lowest BCUT2D eigenvalue weighted by molar-refractivity contribution is -0.154. The monoisotopic (exact) mass is 456 g/mol. The lowest BCUT2D eigenvalue weighted by Crippen LogP contribution is -2.50. The van der Waals surface area contributed by atoms with Crippen LogP contribution in [0.3, 0.4) is 0 Å². The zero-order chi connectivity index (χ0) is 22.4. The summed E-state index contributed by atoms with van der Waals surface area (Å²) in [4.78, 5) is 32.1. The van der Waals surface area contributed by atoms with Gasteiger partial charge in [0.15, 0.2) is 6.61 Å². The van der Waals surface area contributed by atoms with E-state index in [1.807, 2.05) is 4.90 Å². The largest absolute Gasteiger partial charge is 0.468 e. The van der Waals surface area contributed by atoms with Crippen molar-refractivity contribution in [1.82, 2.24) is 14.8 Å². The van der Waals surface area contributed by atoms with Gasteiger partial charge in [-0.1, -0.05) is 23.7 Å². The maximum atomic E-state index is 12.6. The van der Waals surface area contributed by atoms with Gasteiger partial charge in [0.2, 0.25) is 11.8 Å². The predicted octanol–water partition coefficient (Wildman–Crippen LogP) is 3.07. The zero-order valence-corrected chi connectivity index (χ0v) is 17.1. The highest BCUT2D eigenvalue weighted by Gasteiger charge is 2.29. The van der Waals surface area contributed by atoms with Crippen molar-refractivity contribution in [2.45, 2.75) is 6.18 Å². The molecule has 1 N–H and O–H groups in total. The number of carbonyl (C=O) groups is 2. The van der Waals surface area contributed by atoms with Crippen molar-refractivity contribution in [3.05, 3.63) is 53.2 Å². The third-order valence-corrected chi connectivity index (χ3v) is 4.87. The van der Waals surface area contributed by atoms with E-state index in [0.717, 1.165) is 0 Å². The quantitative estimate of drug-likeness (QED) is 0.723. The Bertz CT molecular complexity index is 917. The fourth-order valence-corrected chi connectivity index (χ4v) is 3.18. The number of piperazine rings is 1. The second-order valence-electron chi connectivity index (χ2n) is 6.89. The summed E-state index contributed by atoms with van der Waals surface area (Å²) in [6.07, 6.45) is -3.27. The summed E-state index contributed by atoms with van der Waals surface area (Å²) in [7, 11) is 0. The molecule has 0 aliphatic carbocycles. The van der Waals surface area contributed by atoms with Gasteiger partial charge >= 0.3 is 6.18 Å². The van der Waals surface area contributed by atoms with E-state index in [-0.39, 0.29) is 29.8 Å². The van der Waals surface area contributed by atoms with E-state index in [0.29, 0.717) is 36.9 Å². The Morgan fingerprint density at radius 2 is 1.81 bits per heavy atom. The molecule has 1 saturated heterocycles. The highest BCUT2D eigenvalue weighted by atomic mass is 35.5. The summed E-state index contributed by atoms with van der Waals surface area (Å²) in [6, 6.07) is 9.55. The van der Waals surface area contributed by atoms with Crippen molar-refractivity contribution < 1.29 is 27.5 Å². The van der Waals surface area contributed by atoms with Crippen molar-refractivity contribution >= 4 is 29.1 Å². The number of aromatic nitrogens is 1. The molecule has 1 aliphatic rings. The van der Waals surface area contributed by atoms with E-state index >= 15 is 0 Å². The summed E-state index contributed by atoms with van der Waals surface area (Å²) >= 11 is 6.04. The second-order valence-corrected chi connectivity index (χ2v) is 7.29. The first-order chi connectivity index (χ1) is 14.7. The van der Waals surface area contributed by atoms with Gasteiger partial charge in [0.25, 0.3) is 5.91 Å². The lowest BCUT2D eigenvalue weighted by Gasteiger charge is -2.34. The van der Waals surface area contributed by atoms with Crippen LogP contribution in [-0.4, -0.2) is 72.1 Å². The van der Waals surface area contributed by atoms with Crippen LogP contribution in [0.25, 0.3) is 0 Å². The number of rotatable bonds is 6. The SMILES string of the molecule is O=C(CN1CCN(C(=O)c2ccc(OCC(F)(F)F)nc2)CC1)Nc1ccccc1Cl. The van der Waals surface area contributed by atoms with Crippen LogP contribution in [0, 0.1) is 0 Å². The minimum atomic E-state index is -4.46. The number of nitrogens with zero attached hydrogens (tertiary/aromatic N) is 3. The molecule has 2 aromatic rings. The molecule has 166 valence electrons. The van der Waals surface area contributed by atoms with Crippen LogP contribution in [0.1, 0.15) is 10.4 Å². The van der Waals surface area contributed by atoms with Crippen LogP contribution in [0.2, 0.25) is 5.02 Å². The number of pyridine rings is 1. The van der Waals surface area contributed by atoms with Crippen molar-refractivity contribution in [3.8, 4) is 5.88 Å². The highest BCUT2D eigenvalue weighted by Crippen LogP contribution is 2.20. The Morgan fingerprint density at radius 1 is 1.10 bits per heavy atom. The Morgan fingerprint density at radius 3 is 2.42 bits per heavy atom. The number of alkyl halides is 3. The fraction of sp³-hybridized carbons (Fsp3) is 0.350. The van der Waals surface area contributed by atoms with Crippen LogP contribution >= 0.6 is 11.6 Å². The normalized spacial score (nSPS) is 14.9. The molecular weight excluding hydrogens is 437 g/mol. The van der Waals surface area contributed by atoms with Gasteiger partial charge in [0, 0.05) is 38.4 Å². The Kier molecular flexibility index (Phi) is 7.34. The molecule has 0 saturated carbocycles. The van der Waals surface area contributed by atoms with Crippen LogP contribution in [0.5, 0.6) is 5.88 Å². The number of hydrogen-bond donors (Lipinski definition) is 1. The summed E-state index contributed by atoms with van der Waals surface area (Å²) in [6.45, 7) is 0.540. The number of nitrogens with one attached hydrogen (secondary N) is 1. The fourth-order valence-electron chi connectivity index (χ4n) is 3.00. The van der Waals surface area contributed by atoms with Gasteiger partial charge in [-0.05, 0) is 18.2 Å². The molecule has 2 amide bonds. The second kappa shape index (κ2) is 9.97.